The zero-order valence-corrected chi connectivity index (χ0v) is 22.8. The van der Waals surface area contributed by atoms with Crippen molar-refractivity contribution >= 4 is 33.1 Å². The maximum atomic E-state index is 13.5. The summed E-state index contributed by atoms with van der Waals surface area (Å²) >= 11 is 0. The lowest BCUT2D eigenvalue weighted by Crippen LogP contribution is -2.47. The Bertz CT molecular complexity index is 1480. The van der Waals surface area contributed by atoms with Crippen LogP contribution in [0.4, 0.5) is 11.4 Å². The van der Waals surface area contributed by atoms with Crippen molar-refractivity contribution in [1.29, 1.82) is 5.41 Å². The lowest BCUT2D eigenvalue weighted by molar-refractivity contribution is -0.117. The van der Waals surface area contributed by atoms with Gasteiger partial charge in [0.1, 0.15) is 11.9 Å². The van der Waals surface area contributed by atoms with Crippen molar-refractivity contribution in [2.75, 3.05) is 16.8 Å². The summed E-state index contributed by atoms with van der Waals surface area (Å²) in [6.07, 6.45) is 2.48. The molecule has 3 aromatic carbocycles. The average Bonchev–Trinajstić information content (AvgIpc) is 2.87. The first-order valence-electron chi connectivity index (χ1n) is 12.6. The highest BCUT2D eigenvalue weighted by Crippen LogP contribution is 2.37. The van der Waals surface area contributed by atoms with Crippen LogP contribution in [0, 0.1) is 5.41 Å². The number of hydrogen-bond acceptors (Lipinski definition) is 5. The molecule has 0 aromatic heterocycles. The molecule has 9 heteroatoms. The van der Waals surface area contributed by atoms with Gasteiger partial charge in [0.15, 0.2) is 0 Å². The van der Waals surface area contributed by atoms with Crippen LogP contribution in [-0.4, -0.2) is 32.7 Å². The second kappa shape index (κ2) is 10.6. The minimum absolute atomic E-state index is 0.0338. The molecule has 0 spiro atoms. The zero-order chi connectivity index (χ0) is 27.7. The van der Waals surface area contributed by atoms with Gasteiger partial charge in [0.25, 0.3) is 0 Å². The predicted octanol–water partition coefficient (Wildman–Crippen LogP) is 4.58. The van der Waals surface area contributed by atoms with E-state index >= 15 is 0 Å². The number of carbonyl (C=O) groups is 1. The first kappa shape index (κ1) is 27.3. The van der Waals surface area contributed by atoms with Gasteiger partial charge in [0.05, 0.1) is 4.90 Å². The Morgan fingerprint density at radius 2 is 1.74 bits per heavy atom. The summed E-state index contributed by atoms with van der Waals surface area (Å²) < 4.78 is 25.4. The lowest BCUT2D eigenvalue weighted by atomic mass is 9.82. The van der Waals surface area contributed by atoms with Crippen LogP contribution in [0.1, 0.15) is 51.2 Å². The number of amides is 1. The van der Waals surface area contributed by atoms with E-state index in [2.05, 4.69) is 26.1 Å². The minimum Gasteiger partial charge on any atom is -0.384 e. The summed E-state index contributed by atoms with van der Waals surface area (Å²) in [7, 11) is -4.09. The smallest absolute Gasteiger partial charge is 0.247 e. The van der Waals surface area contributed by atoms with Gasteiger partial charge in [-0.2, -0.15) is 0 Å². The third-order valence-electron chi connectivity index (χ3n) is 6.88. The molecule has 38 heavy (non-hydrogen) atoms. The van der Waals surface area contributed by atoms with Crippen molar-refractivity contribution in [1.82, 2.24) is 0 Å². The molecule has 3 aromatic rings. The number of nitrogens with two attached hydrogens (primary N) is 2. The maximum Gasteiger partial charge on any atom is 0.247 e. The fourth-order valence-electron chi connectivity index (χ4n) is 5.02. The average molecular weight is 534 g/mol. The fourth-order valence-corrected chi connectivity index (χ4v) is 5.80. The third-order valence-corrected chi connectivity index (χ3v) is 7.83. The van der Waals surface area contributed by atoms with Crippen LogP contribution in [0.2, 0.25) is 0 Å². The van der Waals surface area contributed by atoms with Crippen molar-refractivity contribution in [3.63, 3.8) is 0 Å². The first-order valence-corrected chi connectivity index (χ1v) is 14.2. The van der Waals surface area contributed by atoms with Gasteiger partial charge in [-0.25, -0.2) is 13.6 Å². The maximum absolute atomic E-state index is 13.5. The number of amidine groups is 1. The topological polar surface area (TPSA) is 142 Å². The molecule has 1 amide bonds. The van der Waals surface area contributed by atoms with Crippen molar-refractivity contribution in [2.24, 2.45) is 10.9 Å². The highest BCUT2D eigenvalue weighted by atomic mass is 32.2. The van der Waals surface area contributed by atoms with Gasteiger partial charge in [-0.05, 0) is 60.1 Å². The zero-order valence-electron chi connectivity index (χ0n) is 22.0. The van der Waals surface area contributed by atoms with Crippen molar-refractivity contribution < 1.29 is 13.2 Å². The Labute approximate surface area is 224 Å². The van der Waals surface area contributed by atoms with E-state index in [4.69, 9.17) is 16.3 Å². The molecule has 1 aliphatic rings. The first-order chi connectivity index (χ1) is 17.9. The van der Waals surface area contributed by atoms with Gasteiger partial charge in [0, 0.05) is 29.0 Å². The number of anilines is 2. The molecule has 0 aliphatic carbocycles. The number of primary sulfonamides is 1. The van der Waals surface area contributed by atoms with E-state index in [0.717, 1.165) is 29.7 Å². The summed E-state index contributed by atoms with van der Waals surface area (Å²) in [5.41, 5.74) is 9.50. The molecule has 1 aliphatic heterocycles. The van der Waals surface area contributed by atoms with Crippen LogP contribution in [0.5, 0.6) is 0 Å². The van der Waals surface area contributed by atoms with Crippen molar-refractivity contribution in [3.8, 4) is 11.1 Å². The number of nitrogens with zero attached hydrogens (tertiary/aromatic N) is 1. The van der Waals surface area contributed by atoms with E-state index in [1.54, 1.807) is 18.2 Å². The highest BCUT2D eigenvalue weighted by Gasteiger charge is 2.30. The number of rotatable bonds is 6. The predicted molar refractivity (Wildman–Crippen MR) is 153 cm³/mol. The molecule has 0 saturated carbocycles. The summed E-state index contributed by atoms with van der Waals surface area (Å²) in [6, 6.07) is 19.4. The Hall–Kier alpha value is -3.69. The molecule has 8 nitrogen and oxygen atoms in total. The van der Waals surface area contributed by atoms with E-state index in [0.29, 0.717) is 29.8 Å². The largest absolute Gasteiger partial charge is 0.384 e. The molecule has 4 rings (SSSR count). The normalized spacial score (nSPS) is 16.2. The van der Waals surface area contributed by atoms with Gasteiger partial charge >= 0.3 is 0 Å². The molecular weight excluding hydrogens is 498 g/mol. The number of sulfonamides is 1. The standard InChI is InChI=1S/C29H35N5O3S/c1-29(2,3)24-12-5-4-11-22(24)23-15-14-20(18-26(23)38(32,36)37)33-28(35)25-13-6-7-16-34(25)21-10-8-9-19(17-21)27(30)31/h4-5,8-12,14-15,17-18,25H,6-7,13,16H2,1-3H3,(H3,30,31)(H,33,35)(H2,32,36,37). The molecule has 1 atom stereocenters. The molecule has 1 unspecified atom stereocenters. The van der Waals surface area contributed by atoms with Crippen LogP contribution < -0.4 is 21.1 Å². The minimum atomic E-state index is -4.09. The Morgan fingerprint density at radius 3 is 2.42 bits per heavy atom. The van der Waals surface area contributed by atoms with Crippen molar-refractivity contribution in [2.45, 2.75) is 56.4 Å². The van der Waals surface area contributed by atoms with Crippen LogP contribution >= 0.6 is 0 Å². The van der Waals surface area contributed by atoms with Gasteiger partial charge < -0.3 is 16.0 Å². The second-order valence-electron chi connectivity index (χ2n) is 10.7. The summed E-state index contributed by atoms with van der Waals surface area (Å²) in [6.45, 7) is 6.89. The summed E-state index contributed by atoms with van der Waals surface area (Å²) in [5.74, 6) is -0.269. The van der Waals surface area contributed by atoms with Gasteiger partial charge in [-0.15, -0.1) is 0 Å². The van der Waals surface area contributed by atoms with Gasteiger partial charge in [-0.3, -0.25) is 10.2 Å². The molecule has 1 fully saturated rings. The van der Waals surface area contributed by atoms with Crippen LogP contribution in [0.25, 0.3) is 11.1 Å². The molecule has 0 bridgehead atoms. The number of hydrogen-bond donors (Lipinski definition) is 4. The SMILES string of the molecule is CC(C)(C)c1ccccc1-c1ccc(NC(=O)C2CCCCN2c2cccc(C(=N)N)c2)cc1S(N)(=O)=O. The van der Waals surface area contributed by atoms with Crippen LogP contribution in [0.3, 0.4) is 0 Å². The number of nitrogens with one attached hydrogen (secondary N) is 2. The Balaban J connectivity index is 1.67. The van der Waals surface area contributed by atoms with E-state index < -0.39 is 16.1 Å². The number of benzene rings is 3. The molecular formula is C29H35N5O3S. The number of piperidine rings is 1. The lowest BCUT2D eigenvalue weighted by Gasteiger charge is -2.36. The molecule has 6 N–H and O–H groups in total. The summed E-state index contributed by atoms with van der Waals surface area (Å²) in [5, 5.41) is 16.3. The monoisotopic (exact) mass is 533 g/mol. The van der Waals surface area contributed by atoms with Gasteiger partial charge in [-0.1, -0.05) is 63.2 Å². The summed E-state index contributed by atoms with van der Waals surface area (Å²) in [4.78, 5) is 15.4. The second-order valence-corrected chi connectivity index (χ2v) is 12.2. The number of carbonyl (C=O) groups excluding carboxylic acids is 1. The van der Waals surface area contributed by atoms with Crippen molar-refractivity contribution in [3.05, 3.63) is 77.9 Å². The van der Waals surface area contributed by atoms with Gasteiger partial charge in [0.2, 0.25) is 15.9 Å². The number of nitrogen functional groups attached to an aromatic ring is 1. The van der Waals surface area contributed by atoms with E-state index in [9.17, 15) is 13.2 Å². The fraction of sp³-hybridized carbons (Fsp3) is 0.310. The van der Waals surface area contributed by atoms with E-state index in [1.165, 1.54) is 6.07 Å². The molecule has 200 valence electrons. The quantitative estimate of drug-likeness (QED) is 0.271. The Kier molecular flexibility index (Phi) is 7.62. The molecule has 1 heterocycles. The van der Waals surface area contributed by atoms with E-state index in [-0.39, 0.29) is 22.1 Å². The Morgan fingerprint density at radius 1 is 1.00 bits per heavy atom. The highest BCUT2D eigenvalue weighted by molar-refractivity contribution is 7.89. The molecule has 0 radical (unpaired) electrons. The van der Waals surface area contributed by atoms with E-state index in [1.807, 2.05) is 47.4 Å². The van der Waals surface area contributed by atoms with Crippen LogP contribution in [-0.2, 0) is 20.2 Å². The molecule has 1 saturated heterocycles. The third kappa shape index (κ3) is 5.89. The van der Waals surface area contributed by atoms with Crippen LogP contribution in [0.15, 0.2) is 71.6 Å².